The number of nitrogens with zero attached hydrogens (tertiary/aromatic N) is 2. The number of anilines is 1. The number of urea groups is 1. The van der Waals surface area contributed by atoms with E-state index in [1.807, 2.05) is 12.1 Å². The molecule has 1 aliphatic rings. The Morgan fingerprint density at radius 2 is 1.88 bits per heavy atom. The van der Waals surface area contributed by atoms with E-state index in [0.717, 1.165) is 14.9 Å². The molecule has 0 bridgehead atoms. The number of benzene rings is 2. The molecule has 1 heterocycles. The summed E-state index contributed by atoms with van der Waals surface area (Å²) in [6.07, 6.45) is 1.26. The van der Waals surface area contributed by atoms with E-state index in [9.17, 15) is 14.4 Å². The predicted octanol–water partition coefficient (Wildman–Crippen LogP) is 3.36. The molecule has 0 aliphatic carbocycles. The molecular weight excluding hydrogens is 386 g/mol. The fourth-order valence-electron chi connectivity index (χ4n) is 2.48. The monoisotopic (exact) mass is 399 g/mol. The SMILES string of the molecule is Cc1ccccc1N1C(=O)NC(=O)[C@H](C=Nc2cccc(Br)c2)C1=O. The largest absolute Gasteiger partial charge is 0.335 e. The molecule has 0 saturated carbocycles. The quantitative estimate of drug-likeness (QED) is 0.634. The molecule has 0 unspecified atom stereocenters. The van der Waals surface area contributed by atoms with Crippen LogP contribution < -0.4 is 10.2 Å². The van der Waals surface area contributed by atoms with Crippen LogP contribution in [-0.4, -0.2) is 24.1 Å². The van der Waals surface area contributed by atoms with Crippen LogP contribution in [0.1, 0.15) is 5.56 Å². The van der Waals surface area contributed by atoms with Gasteiger partial charge in [0.15, 0.2) is 5.92 Å². The molecule has 1 saturated heterocycles. The van der Waals surface area contributed by atoms with Crippen LogP contribution >= 0.6 is 15.9 Å². The summed E-state index contributed by atoms with van der Waals surface area (Å²) in [4.78, 5) is 42.1. The first-order valence-electron chi connectivity index (χ1n) is 7.51. The van der Waals surface area contributed by atoms with Gasteiger partial charge in [-0.1, -0.05) is 40.2 Å². The summed E-state index contributed by atoms with van der Waals surface area (Å²) in [5, 5.41) is 2.21. The maximum absolute atomic E-state index is 12.7. The Balaban J connectivity index is 1.92. The Labute approximate surface area is 152 Å². The van der Waals surface area contributed by atoms with Gasteiger partial charge in [0.25, 0.3) is 5.91 Å². The van der Waals surface area contributed by atoms with Crippen molar-refractivity contribution >= 4 is 51.4 Å². The predicted molar refractivity (Wildman–Crippen MR) is 98.0 cm³/mol. The molecule has 126 valence electrons. The van der Waals surface area contributed by atoms with Crippen molar-refractivity contribution < 1.29 is 14.4 Å². The fraction of sp³-hybridized carbons (Fsp3) is 0.111. The van der Waals surface area contributed by atoms with Gasteiger partial charge in [-0.05, 0) is 36.8 Å². The number of aryl methyl sites for hydroxylation is 1. The van der Waals surface area contributed by atoms with E-state index in [1.54, 1.807) is 43.3 Å². The normalized spacial score (nSPS) is 17.9. The molecule has 1 aliphatic heterocycles. The van der Waals surface area contributed by atoms with Crippen molar-refractivity contribution in [2.24, 2.45) is 10.9 Å². The third-order valence-corrected chi connectivity index (χ3v) is 4.23. The first kappa shape index (κ1) is 17.0. The number of halogens is 1. The highest BCUT2D eigenvalue weighted by atomic mass is 79.9. The highest BCUT2D eigenvalue weighted by Crippen LogP contribution is 2.24. The maximum atomic E-state index is 12.7. The van der Waals surface area contributed by atoms with Gasteiger partial charge in [0, 0.05) is 10.7 Å². The molecule has 4 amide bonds. The number of carbonyl (C=O) groups is 3. The van der Waals surface area contributed by atoms with Crippen LogP contribution in [0.15, 0.2) is 58.0 Å². The summed E-state index contributed by atoms with van der Waals surface area (Å²) < 4.78 is 0.832. The Morgan fingerprint density at radius 3 is 2.60 bits per heavy atom. The van der Waals surface area contributed by atoms with Crippen molar-refractivity contribution in [1.29, 1.82) is 0 Å². The van der Waals surface area contributed by atoms with E-state index in [-0.39, 0.29) is 0 Å². The lowest BCUT2D eigenvalue weighted by Crippen LogP contribution is -2.58. The fourth-order valence-corrected chi connectivity index (χ4v) is 2.87. The standard InChI is InChI=1S/C18H14BrN3O3/c1-11-5-2-3-8-15(11)22-17(24)14(16(23)21-18(22)25)10-20-13-7-4-6-12(19)9-13/h2-10,14H,1H3,(H,21,23,25)/t14-/m0/s1. The average Bonchev–Trinajstić information content (AvgIpc) is 2.56. The first-order chi connectivity index (χ1) is 12.0. The van der Waals surface area contributed by atoms with E-state index in [1.165, 1.54) is 6.21 Å². The van der Waals surface area contributed by atoms with Gasteiger partial charge in [0.1, 0.15) is 0 Å². The molecule has 0 aromatic heterocycles. The molecule has 0 spiro atoms. The molecule has 25 heavy (non-hydrogen) atoms. The Morgan fingerprint density at radius 1 is 1.12 bits per heavy atom. The second kappa shape index (κ2) is 6.98. The van der Waals surface area contributed by atoms with Crippen LogP contribution in [0.25, 0.3) is 0 Å². The Bertz CT molecular complexity index is 895. The second-order valence-corrected chi connectivity index (χ2v) is 6.41. The number of carbonyl (C=O) groups excluding carboxylic acids is 3. The minimum absolute atomic E-state index is 0.443. The lowest BCUT2D eigenvalue weighted by Gasteiger charge is -2.29. The summed E-state index contributed by atoms with van der Waals surface area (Å²) in [5.41, 5.74) is 1.79. The van der Waals surface area contributed by atoms with Crippen LogP contribution in [0.5, 0.6) is 0 Å². The molecule has 1 fully saturated rings. The van der Waals surface area contributed by atoms with Crippen molar-refractivity contribution in [1.82, 2.24) is 5.32 Å². The van der Waals surface area contributed by atoms with Crippen LogP contribution in [0, 0.1) is 12.8 Å². The number of aliphatic imine (C=N–C) groups is 1. The first-order valence-corrected chi connectivity index (χ1v) is 8.31. The van der Waals surface area contributed by atoms with Crippen LogP contribution in [0.4, 0.5) is 16.2 Å². The van der Waals surface area contributed by atoms with Gasteiger partial charge in [0.05, 0.1) is 11.4 Å². The number of amides is 4. The van der Waals surface area contributed by atoms with Gasteiger partial charge in [-0.15, -0.1) is 0 Å². The van der Waals surface area contributed by atoms with Crippen molar-refractivity contribution in [2.45, 2.75) is 6.92 Å². The van der Waals surface area contributed by atoms with Crippen LogP contribution in [0.2, 0.25) is 0 Å². The number of imide groups is 2. The van der Waals surface area contributed by atoms with E-state index < -0.39 is 23.8 Å². The Hall–Kier alpha value is -2.80. The highest BCUT2D eigenvalue weighted by molar-refractivity contribution is 9.10. The van der Waals surface area contributed by atoms with Gasteiger partial charge in [0.2, 0.25) is 5.91 Å². The third kappa shape index (κ3) is 3.51. The number of para-hydroxylation sites is 1. The molecule has 7 heteroatoms. The minimum atomic E-state index is -1.17. The topological polar surface area (TPSA) is 78.8 Å². The van der Waals surface area contributed by atoms with E-state index in [0.29, 0.717) is 11.4 Å². The number of nitrogens with one attached hydrogen (secondary N) is 1. The highest BCUT2D eigenvalue weighted by Gasteiger charge is 2.40. The summed E-state index contributed by atoms with van der Waals surface area (Å²) >= 11 is 3.33. The molecule has 6 nitrogen and oxygen atoms in total. The summed E-state index contributed by atoms with van der Waals surface area (Å²) in [5.74, 6) is -2.48. The van der Waals surface area contributed by atoms with Crippen LogP contribution in [0.3, 0.4) is 0 Å². The molecule has 0 radical (unpaired) electrons. The van der Waals surface area contributed by atoms with Crippen molar-refractivity contribution in [2.75, 3.05) is 4.90 Å². The number of barbiturate groups is 1. The van der Waals surface area contributed by atoms with E-state index in [2.05, 4.69) is 26.2 Å². The number of hydrogen-bond acceptors (Lipinski definition) is 4. The Kier molecular flexibility index (Phi) is 4.76. The summed E-state index contributed by atoms with van der Waals surface area (Å²) in [6.45, 7) is 1.79. The lowest BCUT2D eigenvalue weighted by atomic mass is 10.0. The number of rotatable bonds is 3. The maximum Gasteiger partial charge on any atom is 0.335 e. The zero-order valence-corrected chi connectivity index (χ0v) is 14.9. The molecule has 3 rings (SSSR count). The lowest BCUT2D eigenvalue weighted by molar-refractivity contribution is -0.131. The smallest absolute Gasteiger partial charge is 0.276 e. The molecule has 1 N–H and O–H groups in total. The van der Waals surface area contributed by atoms with Crippen molar-refractivity contribution in [3.8, 4) is 0 Å². The van der Waals surface area contributed by atoms with E-state index in [4.69, 9.17) is 0 Å². The molecule has 1 atom stereocenters. The average molecular weight is 400 g/mol. The van der Waals surface area contributed by atoms with Crippen molar-refractivity contribution in [3.63, 3.8) is 0 Å². The van der Waals surface area contributed by atoms with Gasteiger partial charge in [-0.3, -0.25) is 19.9 Å². The zero-order chi connectivity index (χ0) is 18.0. The second-order valence-electron chi connectivity index (χ2n) is 5.49. The van der Waals surface area contributed by atoms with E-state index >= 15 is 0 Å². The molecular formula is C18H14BrN3O3. The van der Waals surface area contributed by atoms with Gasteiger partial charge < -0.3 is 0 Å². The van der Waals surface area contributed by atoms with Gasteiger partial charge in [-0.2, -0.15) is 0 Å². The summed E-state index contributed by atoms with van der Waals surface area (Å²) in [6, 6.07) is 13.4. The van der Waals surface area contributed by atoms with Crippen LogP contribution in [-0.2, 0) is 9.59 Å². The third-order valence-electron chi connectivity index (χ3n) is 3.74. The van der Waals surface area contributed by atoms with Gasteiger partial charge in [-0.25, -0.2) is 9.69 Å². The van der Waals surface area contributed by atoms with Gasteiger partial charge >= 0.3 is 6.03 Å². The van der Waals surface area contributed by atoms with Crippen molar-refractivity contribution in [3.05, 3.63) is 58.6 Å². The molecule has 2 aromatic carbocycles. The number of hydrogen-bond donors (Lipinski definition) is 1. The minimum Gasteiger partial charge on any atom is -0.276 e. The molecule has 2 aromatic rings. The zero-order valence-electron chi connectivity index (χ0n) is 13.3. The summed E-state index contributed by atoms with van der Waals surface area (Å²) in [7, 11) is 0.